The Labute approximate surface area is 182 Å². The summed E-state index contributed by atoms with van der Waals surface area (Å²) in [6.45, 7) is 1.85. The van der Waals surface area contributed by atoms with E-state index in [2.05, 4.69) is 36.6 Å². The Morgan fingerprint density at radius 1 is 1.20 bits per heavy atom. The van der Waals surface area contributed by atoms with Gasteiger partial charge in [0.25, 0.3) is 5.91 Å². The fourth-order valence-corrected chi connectivity index (χ4v) is 4.13. The standard InChI is InChI=1S/C21H20BrN5O3/c1-12-17(20(28)26-14-7-5-4-6-8-14)18(27-21(25-12)23-11-24-27)13-9-15(22)19(30-3)16(10-13)29-2/h4-11,18H,1-3H3,(H,26,28)(H,23,24,25)/t18-/m1/s1. The third-order valence-electron chi connectivity index (χ3n) is 4.84. The molecule has 154 valence electrons. The summed E-state index contributed by atoms with van der Waals surface area (Å²) in [4.78, 5) is 17.6. The summed E-state index contributed by atoms with van der Waals surface area (Å²) < 4.78 is 13.3. The number of anilines is 2. The largest absolute Gasteiger partial charge is 0.493 e. The summed E-state index contributed by atoms with van der Waals surface area (Å²) in [5, 5.41) is 10.5. The first-order valence-corrected chi connectivity index (χ1v) is 9.98. The van der Waals surface area contributed by atoms with Crippen LogP contribution in [0.3, 0.4) is 0 Å². The molecule has 1 aliphatic rings. The Bertz CT molecular complexity index is 1130. The van der Waals surface area contributed by atoms with Crippen LogP contribution in [0.4, 0.5) is 11.6 Å². The minimum atomic E-state index is -0.511. The maximum absolute atomic E-state index is 13.3. The van der Waals surface area contributed by atoms with Gasteiger partial charge in [0, 0.05) is 11.4 Å². The van der Waals surface area contributed by atoms with Crippen LogP contribution >= 0.6 is 15.9 Å². The van der Waals surface area contributed by atoms with E-state index in [1.165, 1.54) is 6.33 Å². The van der Waals surface area contributed by atoms with Gasteiger partial charge in [-0.3, -0.25) is 4.79 Å². The summed E-state index contributed by atoms with van der Waals surface area (Å²) in [5.41, 5.74) is 2.72. The lowest BCUT2D eigenvalue weighted by Crippen LogP contribution is -2.31. The van der Waals surface area contributed by atoms with Crippen molar-refractivity contribution in [3.05, 3.63) is 70.1 Å². The van der Waals surface area contributed by atoms with Crippen LogP contribution in [0.25, 0.3) is 0 Å². The van der Waals surface area contributed by atoms with E-state index in [9.17, 15) is 4.79 Å². The Balaban J connectivity index is 1.83. The first kappa shape index (κ1) is 20.0. The average Bonchev–Trinajstić information content (AvgIpc) is 3.20. The second-order valence-corrected chi connectivity index (χ2v) is 7.51. The van der Waals surface area contributed by atoms with Gasteiger partial charge in [-0.05, 0) is 52.7 Å². The van der Waals surface area contributed by atoms with Crippen LogP contribution in [-0.2, 0) is 4.79 Å². The number of ether oxygens (including phenoxy) is 2. The molecule has 1 atom stereocenters. The lowest BCUT2D eigenvalue weighted by molar-refractivity contribution is -0.113. The molecule has 0 saturated carbocycles. The van der Waals surface area contributed by atoms with Crippen molar-refractivity contribution < 1.29 is 14.3 Å². The number of rotatable bonds is 5. The highest BCUT2D eigenvalue weighted by Crippen LogP contribution is 2.42. The molecular formula is C21H20BrN5O3. The molecule has 0 bridgehead atoms. The van der Waals surface area contributed by atoms with E-state index in [1.807, 2.05) is 49.4 Å². The molecule has 30 heavy (non-hydrogen) atoms. The van der Waals surface area contributed by atoms with Gasteiger partial charge in [-0.25, -0.2) is 4.68 Å². The molecule has 0 radical (unpaired) electrons. The fourth-order valence-electron chi connectivity index (χ4n) is 3.51. The average molecular weight is 470 g/mol. The van der Waals surface area contributed by atoms with Crippen molar-refractivity contribution in [3.8, 4) is 11.5 Å². The minimum absolute atomic E-state index is 0.233. The van der Waals surface area contributed by atoms with Crippen molar-refractivity contribution >= 4 is 33.5 Å². The number of fused-ring (bicyclic) bond motifs is 1. The van der Waals surface area contributed by atoms with E-state index < -0.39 is 6.04 Å². The van der Waals surface area contributed by atoms with Crippen molar-refractivity contribution in [2.75, 3.05) is 24.9 Å². The molecule has 2 N–H and O–H groups in total. The second-order valence-electron chi connectivity index (χ2n) is 6.65. The van der Waals surface area contributed by atoms with Gasteiger partial charge in [-0.1, -0.05) is 18.2 Å². The summed E-state index contributed by atoms with van der Waals surface area (Å²) in [7, 11) is 3.15. The number of allylic oxidation sites excluding steroid dienone is 1. The van der Waals surface area contributed by atoms with Gasteiger partial charge in [-0.15, -0.1) is 0 Å². The van der Waals surface area contributed by atoms with Crippen molar-refractivity contribution in [1.82, 2.24) is 14.8 Å². The number of hydrogen-bond donors (Lipinski definition) is 2. The number of carbonyl (C=O) groups is 1. The van der Waals surface area contributed by atoms with E-state index in [0.29, 0.717) is 38.9 Å². The SMILES string of the molecule is COc1cc([C@@H]2C(C(=O)Nc3ccccc3)=C(C)Nc3ncnn32)cc(Br)c1OC. The highest BCUT2D eigenvalue weighted by atomic mass is 79.9. The number of methoxy groups -OCH3 is 2. The topological polar surface area (TPSA) is 90.3 Å². The van der Waals surface area contributed by atoms with Gasteiger partial charge in [0.2, 0.25) is 5.95 Å². The van der Waals surface area contributed by atoms with Crippen molar-refractivity contribution in [3.63, 3.8) is 0 Å². The summed E-state index contributed by atoms with van der Waals surface area (Å²) >= 11 is 3.54. The Morgan fingerprint density at radius 2 is 1.97 bits per heavy atom. The first-order valence-electron chi connectivity index (χ1n) is 9.18. The number of nitrogens with one attached hydrogen (secondary N) is 2. The zero-order chi connectivity index (χ0) is 21.3. The number of para-hydroxylation sites is 1. The zero-order valence-corrected chi connectivity index (χ0v) is 18.2. The molecule has 0 unspecified atom stereocenters. The van der Waals surface area contributed by atoms with E-state index in [-0.39, 0.29) is 5.91 Å². The first-order chi connectivity index (χ1) is 14.5. The van der Waals surface area contributed by atoms with Crippen molar-refractivity contribution in [2.45, 2.75) is 13.0 Å². The number of amides is 1. The molecule has 2 heterocycles. The normalized spacial score (nSPS) is 15.3. The van der Waals surface area contributed by atoms with Crippen LogP contribution in [0.5, 0.6) is 11.5 Å². The number of hydrogen-bond acceptors (Lipinski definition) is 6. The van der Waals surface area contributed by atoms with E-state index in [0.717, 1.165) is 5.56 Å². The maximum Gasteiger partial charge on any atom is 0.255 e. The molecule has 1 aromatic heterocycles. The van der Waals surface area contributed by atoms with Crippen LogP contribution in [0, 0.1) is 0 Å². The highest BCUT2D eigenvalue weighted by Gasteiger charge is 2.34. The van der Waals surface area contributed by atoms with Gasteiger partial charge in [0.15, 0.2) is 11.5 Å². The number of nitrogens with zero attached hydrogens (tertiary/aromatic N) is 3. The van der Waals surface area contributed by atoms with Crippen LogP contribution in [0.1, 0.15) is 18.5 Å². The lowest BCUT2D eigenvalue weighted by Gasteiger charge is -2.29. The number of carbonyl (C=O) groups excluding carboxylic acids is 1. The number of aromatic nitrogens is 3. The zero-order valence-electron chi connectivity index (χ0n) is 16.6. The summed E-state index contributed by atoms with van der Waals surface area (Å²) in [6, 6.07) is 12.5. The second kappa shape index (κ2) is 8.19. The molecule has 0 aliphatic carbocycles. The van der Waals surface area contributed by atoms with Gasteiger partial charge in [0.1, 0.15) is 12.4 Å². The van der Waals surface area contributed by atoms with E-state index in [4.69, 9.17) is 9.47 Å². The Morgan fingerprint density at radius 3 is 2.67 bits per heavy atom. The van der Waals surface area contributed by atoms with Gasteiger partial charge >= 0.3 is 0 Å². The molecule has 1 aliphatic heterocycles. The molecule has 0 fully saturated rings. The summed E-state index contributed by atoms with van der Waals surface area (Å²) in [6.07, 6.45) is 1.45. The highest BCUT2D eigenvalue weighted by molar-refractivity contribution is 9.10. The summed E-state index contributed by atoms with van der Waals surface area (Å²) in [5.74, 6) is 1.44. The van der Waals surface area contributed by atoms with E-state index >= 15 is 0 Å². The molecule has 9 heteroatoms. The third-order valence-corrected chi connectivity index (χ3v) is 5.43. The van der Waals surface area contributed by atoms with Gasteiger partial charge < -0.3 is 20.1 Å². The Kier molecular flexibility index (Phi) is 5.45. The Hall–Kier alpha value is -3.33. The van der Waals surface area contributed by atoms with Crippen LogP contribution in [0.2, 0.25) is 0 Å². The maximum atomic E-state index is 13.3. The molecule has 4 rings (SSSR count). The quantitative estimate of drug-likeness (QED) is 0.587. The third kappa shape index (κ3) is 3.52. The fraction of sp³-hybridized carbons (Fsp3) is 0.190. The number of benzene rings is 2. The van der Waals surface area contributed by atoms with Crippen molar-refractivity contribution in [2.24, 2.45) is 0 Å². The lowest BCUT2D eigenvalue weighted by atomic mass is 9.94. The molecule has 2 aromatic carbocycles. The molecule has 8 nitrogen and oxygen atoms in total. The molecule has 0 spiro atoms. The van der Waals surface area contributed by atoms with Crippen molar-refractivity contribution in [1.29, 1.82) is 0 Å². The molecule has 3 aromatic rings. The molecule has 1 amide bonds. The minimum Gasteiger partial charge on any atom is -0.493 e. The monoisotopic (exact) mass is 469 g/mol. The van der Waals surface area contributed by atoms with Gasteiger partial charge in [-0.2, -0.15) is 10.1 Å². The van der Waals surface area contributed by atoms with E-state index in [1.54, 1.807) is 18.9 Å². The molecular weight excluding hydrogens is 450 g/mol. The van der Waals surface area contributed by atoms with Crippen LogP contribution < -0.4 is 20.1 Å². The predicted octanol–water partition coefficient (Wildman–Crippen LogP) is 3.99. The van der Waals surface area contributed by atoms with Crippen LogP contribution in [0.15, 0.2) is 64.5 Å². The van der Waals surface area contributed by atoms with Crippen LogP contribution in [-0.4, -0.2) is 34.9 Å². The smallest absolute Gasteiger partial charge is 0.255 e. The predicted molar refractivity (Wildman–Crippen MR) is 117 cm³/mol. The molecule has 0 saturated heterocycles. The number of halogens is 1. The van der Waals surface area contributed by atoms with Gasteiger partial charge in [0.05, 0.1) is 24.3 Å².